The summed E-state index contributed by atoms with van der Waals surface area (Å²) in [7, 11) is 1.99. The van der Waals surface area contributed by atoms with Crippen molar-refractivity contribution >= 4 is 0 Å². The number of ether oxygens (including phenoxy) is 1. The molecule has 0 amide bonds. The first-order valence-electron chi connectivity index (χ1n) is 7.31. The summed E-state index contributed by atoms with van der Waals surface area (Å²) in [6.07, 6.45) is 5.70. The molecule has 3 atom stereocenters. The molecule has 1 fully saturated rings. The van der Waals surface area contributed by atoms with Gasteiger partial charge in [-0.25, -0.2) is 0 Å². The van der Waals surface area contributed by atoms with Crippen molar-refractivity contribution in [1.82, 2.24) is 20.1 Å². The van der Waals surface area contributed by atoms with Crippen molar-refractivity contribution in [2.45, 2.75) is 58.2 Å². The van der Waals surface area contributed by atoms with Gasteiger partial charge in [0.15, 0.2) is 0 Å². The molecule has 19 heavy (non-hydrogen) atoms. The molecule has 2 rings (SSSR count). The lowest BCUT2D eigenvalue weighted by Crippen LogP contribution is -2.44. The van der Waals surface area contributed by atoms with E-state index < -0.39 is 0 Å². The number of rotatable bonds is 5. The second kappa shape index (κ2) is 6.48. The van der Waals surface area contributed by atoms with Crippen molar-refractivity contribution in [2.75, 3.05) is 6.61 Å². The maximum absolute atomic E-state index is 5.86. The van der Waals surface area contributed by atoms with Gasteiger partial charge in [0.1, 0.15) is 12.2 Å². The highest BCUT2D eigenvalue weighted by molar-refractivity contribution is 4.97. The summed E-state index contributed by atoms with van der Waals surface area (Å²) < 4.78 is 7.85. The fourth-order valence-electron chi connectivity index (χ4n) is 2.69. The van der Waals surface area contributed by atoms with Crippen LogP contribution in [0.3, 0.4) is 0 Å². The molecule has 2 heterocycles. The van der Waals surface area contributed by atoms with Gasteiger partial charge in [-0.1, -0.05) is 13.8 Å². The Morgan fingerprint density at radius 3 is 2.68 bits per heavy atom. The smallest absolute Gasteiger partial charge is 0.149 e. The second-order valence-electron chi connectivity index (χ2n) is 5.88. The molecular weight excluding hydrogens is 240 g/mol. The zero-order valence-electron chi connectivity index (χ0n) is 12.5. The van der Waals surface area contributed by atoms with Gasteiger partial charge in [-0.05, 0) is 32.1 Å². The molecule has 1 N–H and O–H groups in total. The molecule has 1 aromatic heterocycles. The molecule has 108 valence electrons. The Kier molecular flexibility index (Phi) is 4.93. The van der Waals surface area contributed by atoms with Gasteiger partial charge in [-0.15, -0.1) is 10.2 Å². The number of nitrogens with zero attached hydrogens (tertiary/aromatic N) is 3. The molecule has 1 aliphatic rings. The van der Waals surface area contributed by atoms with Crippen molar-refractivity contribution in [1.29, 1.82) is 0 Å². The van der Waals surface area contributed by atoms with Crippen LogP contribution in [0.4, 0.5) is 0 Å². The van der Waals surface area contributed by atoms with E-state index in [-0.39, 0.29) is 6.04 Å². The molecule has 0 radical (unpaired) electrons. The number of aromatic nitrogens is 3. The average molecular weight is 266 g/mol. The lowest BCUT2D eigenvalue weighted by molar-refractivity contribution is -0.00760. The van der Waals surface area contributed by atoms with Crippen LogP contribution < -0.4 is 5.32 Å². The van der Waals surface area contributed by atoms with Gasteiger partial charge in [-0.2, -0.15) is 0 Å². The van der Waals surface area contributed by atoms with Crippen LogP contribution in [0, 0.1) is 5.92 Å². The Bertz CT molecular complexity index is 385. The highest BCUT2D eigenvalue weighted by Crippen LogP contribution is 2.23. The fraction of sp³-hybridized carbons (Fsp3) is 0.857. The first-order chi connectivity index (χ1) is 9.09. The van der Waals surface area contributed by atoms with Gasteiger partial charge < -0.3 is 14.6 Å². The molecule has 1 aliphatic heterocycles. The van der Waals surface area contributed by atoms with Crippen LogP contribution in [0.5, 0.6) is 0 Å². The molecule has 1 saturated heterocycles. The Balaban J connectivity index is 2.02. The largest absolute Gasteiger partial charge is 0.377 e. The Labute approximate surface area is 115 Å². The van der Waals surface area contributed by atoms with Gasteiger partial charge >= 0.3 is 0 Å². The minimum Gasteiger partial charge on any atom is -0.377 e. The summed E-state index contributed by atoms with van der Waals surface area (Å²) in [5, 5.41) is 11.9. The van der Waals surface area contributed by atoms with Gasteiger partial charge in [0.2, 0.25) is 0 Å². The van der Waals surface area contributed by atoms with Gasteiger partial charge in [0, 0.05) is 19.7 Å². The molecule has 0 bridgehead atoms. The Morgan fingerprint density at radius 2 is 2.16 bits per heavy atom. The first-order valence-corrected chi connectivity index (χ1v) is 7.31. The Hall–Kier alpha value is -0.940. The lowest BCUT2D eigenvalue weighted by Gasteiger charge is -2.32. The van der Waals surface area contributed by atoms with E-state index in [0.29, 0.717) is 18.1 Å². The molecule has 5 heteroatoms. The topological polar surface area (TPSA) is 52.0 Å². The monoisotopic (exact) mass is 266 g/mol. The number of hydrogen-bond donors (Lipinski definition) is 1. The van der Waals surface area contributed by atoms with E-state index in [4.69, 9.17) is 4.74 Å². The van der Waals surface area contributed by atoms with E-state index in [1.54, 1.807) is 6.33 Å². The maximum Gasteiger partial charge on any atom is 0.149 e. The molecular formula is C14H26N4O. The highest BCUT2D eigenvalue weighted by atomic mass is 16.5. The summed E-state index contributed by atoms with van der Waals surface area (Å²) in [6, 6.07) is 0.553. The van der Waals surface area contributed by atoms with Crippen LogP contribution in [0.25, 0.3) is 0 Å². The summed E-state index contributed by atoms with van der Waals surface area (Å²) in [5.41, 5.74) is 0. The quantitative estimate of drug-likeness (QED) is 0.886. The lowest BCUT2D eigenvalue weighted by atomic mass is 9.98. The summed E-state index contributed by atoms with van der Waals surface area (Å²) in [4.78, 5) is 0. The van der Waals surface area contributed by atoms with E-state index in [9.17, 15) is 0 Å². The predicted molar refractivity (Wildman–Crippen MR) is 74.8 cm³/mol. The molecule has 0 aromatic carbocycles. The molecule has 0 spiro atoms. The van der Waals surface area contributed by atoms with E-state index in [2.05, 4.69) is 36.3 Å². The van der Waals surface area contributed by atoms with Crippen molar-refractivity contribution in [2.24, 2.45) is 13.0 Å². The third-order valence-electron chi connectivity index (χ3n) is 3.91. The molecule has 0 saturated carbocycles. The van der Waals surface area contributed by atoms with Crippen LogP contribution in [0.2, 0.25) is 0 Å². The van der Waals surface area contributed by atoms with E-state index in [1.165, 1.54) is 12.8 Å². The molecule has 0 aliphatic carbocycles. The summed E-state index contributed by atoms with van der Waals surface area (Å²) in [6.45, 7) is 7.52. The predicted octanol–water partition coefficient (Wildman–Crippen LogP) is 2.06. The van der Waals surface area contributed by atoms with Crippen LogP contribution in [0.1, 0.15) is 51.9 Å². The third-order valence-corrected chi connectivity index (χ3v) is 3.91. The second-order valence-corrected chi connectivity index (χ2v) is 5.88. The van der Waals surface area contributed by atoms with Crippen molar-refractivity contribution in [3.8, 4) is 0 Å². The molecule has 0 unspecified atom stereocenters. The van der Waals surface area contributed by atoms with Crippen LogP contribution in [-0.2, 0) is 11.8 Å². The standard InChI is InChI=1S/C14H26N4O/c1-10(2)13(14-17-15-9-18(14)4)16-11(3)12-7-5-6-8-19-12/h9-13,16H,5-8H2,1-4H3/t11-,12+,13+/m1/s1. The zero-order chi connectivity index (χ0) is 13.8. The van der Waals surface area contributed by atoms with E-state index in [0.717, 1.165) is 18.9 Å². The van der Waals surface area contributed by atoms with E-state index in [1.807, 2.05) is 11.6 Å². The van der Waals surface area contributed by atoms with Crippen LogP contribution in [-0.4, -0.2) is 33.5 Å². The minimum absolute atomic E-state index is 0.216. The molecule has 5 nitrogen and oxygen atoms in total. The van der Waals surface area contributed by atoms with Gasteiger partial charge in [-0.3, -0.25) is 0 Å². The van der Waals surface area contributed by atoms with Crippen LogP contribution >= 0.6 is 0 Å². The summed E-state index contributed by atoms with van der Waals surface area (Å²) >= 11 is 0. The van der Waals surface area contributed by atoms with Crippen molar-refractivity contribution < 1.29 is 4.74 Å². The number of nitrogens with one attached hydrogen (secondary N) is 1. The van der Waals surface area contributed by atoms with E-state index >= 15 is 0 Å². The summed E-state index contributed by atoms with van der Waals surface area (Å²) in [5.74, 6) is 1.46. The van der Waals surface area contributed by atoms with Crippen molar-refractivity contribution in [3.63, 3.8) is 0 Å². The van der Waals surface area contributed by atoms with Crippen LogP contribution in [0.15, 0.2) is 6.33 Å². The maximum atomic E-state index is 5.86. The van der Waals surface area contributed by atoms with Gasteiger partial charge in [0.05, 0.1) is 12.1 Å². The first kappa shape index (κ1) is 14.5. The van der Waals surface area contributed by atoms with Crippen molar-refractivity contribution in [3.05, 3.63) is 12.2 Å². The zero-order valence-corrected chi connectivity index (χ0v) is 12.5. The normalized spacial score (nSPS) is 23.5. The third kappa shape index (κ3) is 3.54. The minimum atomic E-state index is 0.216. The average Bonchev–Trinajstić information content (AvgIpc) is 2.82. The number of aryl methyl sites for hydroxylation is 1. The SMILES string of the molecule is CC(C)[C@H](N[C@H](C)[C@@H]1CCCCO1)c1nncn1C. The van der Waals surface area contributed by atoms with Gasteiger partial charge in [0.25, 0.3) is 0 Å². The fourth-order valence-corrected chi connectivity index (χ4v) is 2.69. The number of hydrogen-bond acceptors (Lipinski definition) is 4. The Morgan fingerprint density at radius 1 is 1.37 bits per heavy atom. The highest BCUT2D eigenvalue weighted by Gasteiger charge is 2.27. The molecule has 1 aromatic rings.